The van der Waals surface area contributed by atoms with Crippen LogP contribution in [0.2, 0.25) is 5.02 Å². The number of fused-ring (bicyclic) bond motifs is 1. The van der Waals surface area contributed by atoms with Gasteiger partial charge in [0.1, 0.15) is 18.2 Å². The number of likely N-dealkylation sites (tertiary alicyclic amines) is 1. The Morgan fingerprint density at radius 1 is 1.25 bits per heavy atom. The van der Waals surface area contributed by atoms with E-state index in [-0.39, 0.29) is 25.5 Å². The fraction of sp³-hybridized carbons (Fsp3) is 0.235. The van der Waals surface area contributed by atoms with E-state index in [1.165, 1.54) is 4.90 Å². The Labute approximate surface area is 142 Å². The molecule has 0 bridgehead atoms. The van der Waals surface area contributed by atoms with Gasteiger partial charge in [-0.15, -0.1) is 0 Å². The molecule has 0 atom stereocenters. The van der Waals surface area contributed by atoms with Crippen molar-refractivity contribution in [3.63, 3.8) is 0 Å². The van der Waals surface area contributed by atoms with E-state index >= 15 is 0 Å². The number of benzene rings is 1. The van der Waals surface area contributed by atoms with Gasteiger partial charge in [0.05, 0.1) is 24.8 Å². The third-order valence-electron chi connectivity index (χ3n) is 4.13. The quantitative estimate of drug-likeness (QED) is 0.734. The van der Waals surface area contributed by atoms with Crippen molar-refractivity contribution in [1.82, 2.24) is 19.7 Å². The lowest BCUT2D eigenvalue weighted by atomic mass is 10.1. The van der Waals surface area contributed by atoms with E-state index in [0.29, 0.717) is 10.5 Å². The predicted octanol–water partition coefficient (Wildman–Crippen LogP) is 2.93. The number of aromatic nitrogens is 3. The fourth-order valence-corrected chi connectivity index (χ4v) is 2.96. The van der Waals surface area contributed by atoms with Crippen molar-refractivity contribution in [2.75, 3.05) is 13.1 Å². The molecule has 5 nitrogen and oxygen atoms in total. The van der Waals surface area contributed by atoms with Crippen molar-refractivity contribution in [3.8, 4) is 11.1 Å². The molecule has 1 fully saturated rings. The van der Waals surface area contributed by atoms with Gasteiger partial charge in [0, 0.05) is 16.8 Å². The zero-order chi connectivity index (χ0) is 16.7. The van der Waals surface area contributed by atoms with Crippen molar-refractivity contribution in [2.24, 2.45) is 0 Å². The molecule has 1 amide bonds. The standard InChI is InChI=1S/C17H14ClFN4O/c18-13-3-1-2-11(4-13)12-5-16-15(20-6-12)7-21-23(16)10-17(24)22-8-14(19)9-22/h1-7,14H,8-10H2. The van der Waals surface area contributed by atoms with Crippen molar-refractivity contribution in [1.29, 1.82) is 0 Å². The summed E-state index contributed by atoms with van der Waals surface area (Å²) in [7, 11) is 0. The smallest absolute Gasteiger partial charge is 0.244 e. The monoisotopic (exact) mass is 344 g/mol. The lowest BCUT2D eigenvalue weighted by Crippen LogP contribution is -2.52. The molecule has 0 spiro atoms. The van der Waals surface area contributed by atoms with Crippen molar-refractivity contribution in [3.05, 3.63) is 47.7 Å². The number of hydrogen-bond acceptors (Lipinski definition) is 3. The van der Waals surface area contributed by atoms with Crippen LogP contribution < -0.4 is 0 Å². The van der Waals surface area contributed by atoms with Crippen LogP contribution in [0.25, 0.3) is 22.2 Å². The van der Waals surface area contributed by atoms with E-state index in [4.69, 9.17) is 11.6 Å². The third-order valence-corrected chi connectivity index (χ3v) is 4.36. The van der Waals surface area contributed by atoms with E-state index in [1.807, 2.05) is 30.3 Å². The SMILES string of the molecule is O=C(Cn1ncc2ncc(-c3cccc(Cl)c3)cc21)N1CC(F)C1. The van der Waals surface area contributed by atoms with Crippen molar-refractivity contribution < 1.29 is 9.18 Å². The molecule has 2 aromatic heterocycles. The minimum Gasteiger partial charge on any atom is -0.335 e. The normalized spacial score (nSPS) is 14.8. The number of amides is 1. The first-order valence-corrected chi connectivity index (χ1v) is 7.97. The summed E-state index contributed by atoms with van der Waals surface area (Å²) >= 11 is 6.04. The maximum Gasteiger partial charge on any atom is 0.244 e. The topological polar surface area (TPSA) is 51.0 Å². The number of nitrogens with zero attached hydrogens (tertiary/aromatic N) is 4. The van der Waals surface area contributed by atoms with Gasteiger partial charge in [0.2, 0.25) is 5.91 Å². The lowest BCUT2D eigenvalue weighted by Gasteiger charge is -2.34. The molecule has 3 aromatic rings. The highest BCUT2D eigenvalue weighted by atomic mass is 35.5. The van der Waals surface area contributed by atoms with Gasteiger partial charge in [-0.2, -0.15) is 5.10 Å². The van der Waals surface area contributed by atoms with Crippen LogP contribution in [0.15, 0.2) is 42.7 Å². The number of halogens is 2. The number of carbonyl (C=O) groups is 1. The Morgan fingerprint density at radius 3 is 2.83 bits per heavy atom. The first-order chi connectivity index (χ1) is 11.6. The molecular formula is C17H14ClFN4O. The van der Waals surface area contributed by atoms with E-state index in [9.17, 15) is 9.18 Å². The first-order valence-electron chi connectivity index (χ1n) is 7.59. The molecule has 7 heteroatoms. The number of hydrogen-bond donors (Lipinski definition) is 0. The number of rotatable bonds is 3. The highest BCUT2D eigenvalue weighted by Gasteiger charge is 2.30. The third kappa shape index (κ3) is 2.73. The van der Waals surface area contributed by atoms with Gasteiger partial charge >= 0.3 is 0 Å². The Bertz CT molecular complexity index is 920. The molecule has 0 N–H and O–H groups in total. The molecule has 1 aromatic carbocycles. The van der Waals surface area contributed by atoms with Gasteiger partial charge in [-0.3, -0.25) is 14.5 Å². The molecule has 4 rings (SSSR count). The second kappa shape index (κ2) is 5.87. The van der Waals surface area contributed by atoms with E-state index < -0.39 is 6.17 Å². The first kappa shape index (κ1) is 15.1. The van der Waals surface area contributed by atoms with Crippen LogP contribution in [-0.2, 0) is 11.3 Å². The molecule has 3 heterocycles. The highest BCUT2D eigenvalue weighted by Crippen LogP contribution is 2.25. The lowest BCUT2D eigenvalue weighted by molar-refractivity contribution is -0.139. The van der Waals surface area contributed by atoms with Gasteiger partial charge in [0.25, 0.3) is 0 Å². The van der Waals surface area contributed by atoms with Crippen LogP contribution in [0.4, 0.5) is 4.39 Å². The van der Waals surface area contributed by atoms with Gasteiger partial charge in [-0.25, -0.2) is 4.39 Å². The Hall–Kier alpha value is -2.47. The van der Waals surface area contributed by atoms with Crippen LogP contribution in [-0.4, -0.2) is 44.8 Å². The summed E-state index contributed by atoms with van der Waals surface area (Å²) in [6, 6.07) is 9.42. The summed E-state index contributed by atoms with van der Waals surface area (Å²) in [6.45, 7) is 0.422. The van der Waals surface area contributed by atoms with Crippen molar-refractivity contribution >= 4 is 28.5 Å². The van der Waals surface area contributed by atoms with Crippen LogP contribution in [0.3, 0.4) is 0 Å². The second-order valence-corrected chi connectivity index (χ2v) is 6.27. The molecular weight excluding hydrogens is 331 g/mol. The number of carbonyl (C=O) groups excluding carboxylic acids is 1. The summed E-state index contributed by atoms with van der Waals surface area (Å²) in [5.41, 5.74) is 3.31. The summed E-state index contributed by atoms with van der Waals surface area (Å²) in [6.07, 6.45) is 2.48. The highest BCUT2D eigenvalue weighted by molar-refractivity contribution is 6.30. The Kier molecular flexibility index (Phi) is 3.69. The zero-order valence-electron chi connectivity index (χ0n) is 12.7. The van der Waals surface area contributed by atoms with Crippen molar-refractivity contribution in [2.45, 2.75) is 12.7 Å². The van der Waals surface area contributed by atoms with Gasteiger partial charge in [-0.1, -0.05) is 23.7 Å². The molecule has 0 unspecified atom stereocenters. The fourth-order valence-electron chi connectivity index (χ4n) is 2.76. The summed E-state index contributed by atoms with van der Waals surface area (Å²) < 4.78 is 14.5. The molecule has 1 saturated heterocycles. The average Bonchev–Trinajstić information content (AvgIpc) is 2.94. The molecule has 1 aliphatic heterocycles. The largest absolute Gasteiger partial charge is 0.335 e. The van der Waals surface area contributed by atoms with Crippen LogP contribution in [0.5, 0.6) is 0 Å². The minimum atomic E-state index is -0.903. The molecule has 24 heavy (non-hydrogen) atoms. The molecule has 0 saturated carbocycles. The maximum atomic E-state index is 12.9. The van der Waals surface area contributed by atoms with Gasteiger partial charge in [0.15, 0.2) is 0 Å². The van der Waals surface area contributed by atoms with E-state index in [1.54, 1.807) is 17.1 Å². The number of pyridine rings is 1. The summed E-state index contributed by atoms with van der Waals surface area (Å²) in [5, 5.41) is 4.88. The van der Waals surface area contributed by atoms with Crippen LogP contribution in [0, 0.1) is 0 Å². The molecule has 1 aliphatic rings. The molecule has 0 radical (unpaired) electrons. The minimum absolute atomic E-state index is 0.0803. The zero-order valence-corrected chi connectivity index (χ0v) is 13.4. The molecule has 122 valence electrons. The second-order valence-electron chi connectivity index (χ2n) is 5.84. The molecule has 0 aliphatic carbocycles. The number of alkyl halides is 1. The predicted molar refractivity (Wildman–Crippen MR) is 89.5 cm³/mol. The van der Waals surface area contributed by atoms with Gasteiger partial charge in [-0.05, 0) is 23.8 Å². The van der Waals surface area contributed by atoms with Crippen LogP contribution in [0.1, 0.15) is 0 Å². The summed E-state index contributed by atoms with van der Waals surface area (Å²) in [4.78, 5) is 18.0. The van der Waals surface area contributed by atoms with E-state index in [2.05, 4.69) is 10.1 Å². The Morgan fingerprint density at radius 2 is 2.08 bits per heavy atom. The maximum absolute atomic E-state index is 12.9. The summed E-state index contributed by atoms with van der Waals surface area (Å²) in [5.74, 6) is -0.137. The van der Waals surface area contributed by atoms with E-state index in [0.717, 1.165) is 16.6 Å². The Balaban J connectivity index is 1.65. The van der Waals surface area contributed by atoms with Gasteiger partial charge < -0.3 is 4.90 Å². The van der Waals surface area contributed by atoms with Crippen LogP contribution >= 0.6 is 11.6 Å². The average molecular weight is 345 g/mol.